The lowest BCUT2D eigenvalue weighted by molar-refractivity contribution is -0.124. The van der Waals surface area contributed by atoms with Crippen molar-refractivity contribution in [2.75, 3.05) is 0 Å². The Labute approximate surface area is 106 Å². The molecule has 2 atom stereocenters. The molecule has 1 heterocycles. The van der Waals surface area contributed by atoms with Crippen LogP contribution in [0.25, 0.3) is 0 Å². The zero-order valence-electron chi connectivity index (χ0n) is 9.66. The first-order valence-corrected chi connectivity index (χ1v) is 6.04. The maximum Gasteiger partial charge on any atom is 0.223 e. The van der Waals surface area contributed by atoms with Gasteiger partial charge in [-0.2, -0.15) is 0 Å². The van der Waals surface area contributed by atoms with Gasteiger partial charge in [-0.3, -0.25) is 15.4 Å². The molecule has 2 rings (SSSR count). The number of hydrogen-bond acceptors (Lipinski definition) is 3. The summed E-state index contributed by atoms with van der Waals surface area (Å²) in [6, 6.07) is 7.83. The van der Waals surface area contributed by atoms with E-state index in [9.17, 15) is 4.79 Å². The topological polar surface area (TPSA) is 53.2 Å². The molecule has 0 aromatic heterocycles. The predicted molar refractivity (Wildman–Crippen MR) is 67.4 cm³/mol. The second kappa shape index (κ2) is 5.49. The van der Waals surface area contributed by atoms with Gasteiger partial charge in [0, 0.05) is 24.0 Å². The normalized spacial score (nSPS) is 24.5. The summed E-state index contributed by atoms with van der Waals surface area (Å²) in [5, 5.41) is 10.1. The van der Waals surface area contributed by atoms with Crippen molar-refractivity contribution in [3.8, 4) is 0 Å². The lowest BCUT2D eigenvalue weighted by Gasteiger charge is -2.30. The maximum absolute atomic E-state index is 11.3. The van der Waals surface area contributed by atoms with Gasteiger partial charge in [-0.1, -0.05) is 23.7 Å². The molecule has 4 nitrogen and oxygen atoms in total. The van der Waals surface area contributed by atoms with Crippen molar-refractivity contribution in [3.63, 3.8) is 0 Å². The SMILES string of the molecule is CC1CC(=O)NC(NCc2ccc(Cl)cc2)N1. The van der Waals surface area contributed by atoms with Crippen molar-refractivity contribution >= 4 is 17.5 Å². The summed E-state index contributed by atoms with van der Waals surface area (Å²) >= 11 is 5.81. The summed E-state index contributed by atoms with van der Waals surface area (Å²) in [6.07, 6.45) is 0.362. The number of rotatable bonds is 3. The molecule has 1 aliphatic heterocycles. The largest absolute Gasteiger partial charge is 0.328 e. The van der Waals surface area contributed by atoms with Gasteiger partial charge in [-0.25, -0.2) is 0 Å². The molecule has 1 aromatic carbocycles. The number of halogens is 1. The molecule has 3 N–H and O–H groups in total. The minimum atomic E-state index is -0.165. The Kier molecular flexibility index (Phi) is 3.99. The number of nitrogens with one attached hydrogen (secondary N) is 3. The lowest BCUT2D eigenvalue weighted by Crippen LogP contribution is -2.61. The summed E-state index contributed by atoms with van der Waals surface area (Å²) in [7, 11) is 0. The highest BCUT2D eigenvalue weighted by atomic mass is 35.5. The second-order valence-corrected chi connectivity index (χ2v) is 4.72. The van der Waals surface area contributed by atoms with Gasteiger partial charge in [0.15, 0.2) is 0 Å². The zero-order chi connectivity index (χ0) is 12.3. The van der Waals surface area contributed by atoms with Gasteiger partial charge >= 0.3 is 0 Å². The average Bonchev–Trinajstić information content (AvgIpc) is 2.27. The van der Waals surface area contributed by atoms with Crippen molar-refractivity contribution in [3.05, 3.63) is 34.9 Å². The highest BCUT2D eigenvalue weighted by molar-refractivity contribution is 6.30. The van der Waals surface area contributed by atoms with Gasteiger partial charge in [0.25, 0.3) is 0 Å². The van der Waals surface area contributed by atoms with E-state index in [1.807, 2.05) is 31.2 Å². The van der Waals surface area contributed by atoms with E-state index >= 15 is 0 Å². The van der Waals surface area contributed by atoms with Crippen molar-refractivity contribution in [1.29, 1.82) is 0 Å². The Bertz CT molecular complexity index is 393. The molecule has 17 heavy (non-hydrogen) atoms. The highest BCUT2D eigenvalue weighted by Gasteiger charge is 2.21. The van der Waals surface area contributed by atoms with Gasteiger partial charge in [-0.15, -0.1) is 0 Å². The fraction of sp³-hybridized carbons (Fsp3) is 0.417. The molecule has 1 saturated heterocycles. The molecule has 2 unspecified atom stereocenters. The van der Waals surface area contributed by atoms with Crippen LogP contribution < -0.4 is 16.0 Å². The average molecular weight is 254 g/mol. The quantitative estimate of drug-likeness (QED) is 0.759. The minimum Gasteiger partial charge on any atom is -0.328 e. The molecule has 5 heteroatoms. The lowest BCUT2D eigenvalue weighted by atomic mass is 10.2. The Morgan fingerprint density at radius 2 is 2.12 bits per heavy atom. The van der Waals surface area contributed by atoms with E-state index in [1.165, 1.54) is 0 Å². The Balaban J connectivity index is 1.85. The summed E-state index contributed by atoms with van der Waals surface area (Å²) in [5.41, 5.74) is 1.13. The standard InChI is InChI=1S/C12H16ClN3O/c1-8-6-11(17)16-12(15-8)14-7-9-2-4-10(13)5-3-9/h2-5,8,12,14-15H,6-7H2,1H3,(H,16,17). The summed E-state index contributed by atoms with van der Waals surface area (Å²) in [4.78, 5) is 11.3. The van der Waals surface area contributed by atoms with E-state index in [0.717, 1.165) is 10.6 Å². The van der Waals surface area contributed by atoms with Crippen LogP contribution in [0.4, 0.5) is 0 Å². The molecule has 1 fully saturated rings. The first-order valence-electron chi connectivity index (χ1n) is 5.67. The summed E-state index contributed by atoms with van der Waals surface area (Å²) in [5.74, 6) is 0.0739. The van der Waals surface area contributed by atoms with Crippen molar-refractivity contribution in [1.82, 2.24) is 16.0 Å². The van der Waals surface area contributed by atoms with Crippen LogP contribution >= 0.6 is 11.6 Å². The smallest absolute Gasteiger partial charge is 0.223 e. The van der Waals surface area contributed by atoms with E-state index in [2.05, 4.69) is 16.0 Å². The van der Waals surface area contributed by atoms with Gasteiger partial charge in [0.1, 0.15) is 6.29 Å². The van der Waals surface area contributed by atoms with E-state index in [-0.39, 0.29) is 18.2 Å². The monoisotopic (exact) mass is 253 g/mol. The van der Waals surface area contributed by atoms with E-state index in [1.54, 1.807) is 0 Å². The third-order valence-corrected chi connectivity index (χ3v) is 2.92. The van der Waals surface area contributed by atoms with E-state index in [4.69, 9.17) is 11.6 Å². The van der Waals surface area contributed by atoms with Crippen LogP contribution in [0.2, 0.25) is 5.02 Å². The van der Waals surface area contributed by atoms with Gasteiger partial charge < -0.3 is 5.32 Å². The van der Waals surface area contributed by atoms with Crippen LogP contribution in [0.5, 0.6) is 0 Å². The number of carbonyl (C=O) groups excluding carboxylic acids is 1. The van der Waals surface area contributed by atoms with Crippen LogP contribution in [0.1, 0.15) is 18.9 Å². The van der Waals surface area contributed by atoms with Crippen LogP contribution in [0.15, 0.2) is 24.3 Å². The minimum absolute atomic E-state index is 0.0739. The Morgan fingerprint density at radius 3 is 2.76 bits per heavy atom. The molecule has 1 amide bonds. The third-order valence-electron chi connectivity index (χ3n) is 2.67. The third kappa shape index (κ3) is 3.70. The number of hydrogen-bond donors (Lipinski definition) is 3. The van der Waals surface area contributed by atoms with Crippen LogP contribution in [-0.4, -0.2) is 18.2 Å². The van der Waals surface area contributed by atoms with Crippen molar-refractivity contribution in [2.45, 2.75) is 32.2 Å². The first kappa shape index (κ1) is 12.4. The molecular formula is C12H16ClN3O. The molecule has 1 aliphatic rings. The van der Waals surface area contributed by atoms with Gasteiger partial charge in [0.05, 0.1) is 0 Å². The fourth-order valence-corrected chi connectivity index (χ4v) is 1.94. The summed E-state index contributed by atoms with van der Waals surface area (Å²) in [6.45, 7) is 2.68. The molecule has 1 aromatic rings. The molecule has 92 valence electrons. The number of benzene rings is 1. The number of amides is 1. The molecule has 0 radical (unpaired) electrons. The Morgan fingerprint density at radius 1 is 1.41 bits per heavy atom. The molecule has 0 saturated carbocycles. The van der Waals surface area contributed by atoms with Gasteiger partial charge in [0.2, 0.25) is 5.91 Å². The summed E-state index contributed by atoms with van der Waals surface area (Å²) < 4.78 is 0. The fourth-order valence-electron chi connectivity index (χ4n) is 1.82. The predicted octanol–water partition coefficient (Wildman–Crippen LogP) is 1.21. The maximum atomic E-state index is 11.3. The molecule has 0 aliphatic carbocycles. The van der Waals surface area contributed by atoms with E-state index < -0.39 is 0 Å². The number of carbonyl (C=O) groups is 1. The van der Waals surface area contributed by atoms with Crippen molar-refractivity contribution < 1.29 is 4.79 Å². The molecule has 0 bridgehead atoms. The van der Waals surface area contributed by atoms with Gasteiger partial charge in [-0.05, 0) is 24.6 Å². The second-order valence-electron chi connectivity index (χ2n) is 4.28. The zero-order valence-corrected chi connectivity index (χ0v) is 10.4. The molecule has 0 spiro atoms. The van der Waals surface area contributed by atoms with Crippen LogP contribution in [0.3, 0.4) is 0 Å². The van der Waals surface area contributed by atoms with E-state index in [0.29, 0.717) is 13.0 Å². The first-order chi connectivity index (χ1) is 8.13. The highest BCUT2D eigenvalue weighted by Crippen LogP contribution is 2.09. The van der Waals surface area contributed by atoms with Crippen LogP contribution in [0, 0.1) is 0 Å². The molecular weight excluding hydrogens is 238 g/mol. The van der Waals surface area contributed by atoms with Crippen molar-refractivity contribution in [2.24, 2.45) is 0 Å². The van der Waals surface area contributed by atoms with Crippen LogP contribution in [-0.2, 0) is 11.3 Å². The Hall–Kier alpha value is -1.10.